The lowest BCUT2D eigenvalue weighted by atomic mass is 10.1. The summed E-state index contributed by atoms with van der Waals surface area (Å²) in [7, 11) is 0. The first-order chi connectivity index (χ1) is 14.8. The molecule has 5 aromatic rings. The second-order valence-electron chi connectivity index (χ2n) is 6.88. The Balaban J connectivity index is 1.44. The number of para-hydroxylation sites is 2. The van der Waals surface area contributed by atoms with Crippen molar-refractivity contribution in [3.05, 3.63) is 101 Å². The molecule has 30 heavy (non-hydrogen) atoms. The van der Waals surface area contributed by atoms with Crippen LogP contribution in [0.15, 0.2) is 95.9 Å². The van der Waals surface area contributed by atoms with E-state index in [1.165, 1.54) is 5.56 Å². The first kappa shape index (κ1) is 18.5. The van der Waals surface area contributed by atoms with Crippen LogP contribution < -0.4 is 5.32 Å². The summed E-state index contributed by atoms with van der Waals surface area (Å²) < 4.78 is 2.79. The second-order valence-corrected chi connectivity index (χ2v) is 7.79. The van der Waals surface area contributed by atoms with Crippen LogP contribution in [0, 0.1) is 0 Å². The van der Waals surface area contributed by atoms with Crippen LogP contribution in [-0.2, 0) is 6.54 Å². The molecule has 0 bridgehead atoms. The van der Waals surface area contributed by atoms with Crippen LogP contribution in [0.25, 0.3) is 28.0 Å². The number of nitrogens with one attached hydrogen (secondary N) is 1. The highest BCUT2D eigenvalue weighted by Gasteiger charge is 2.11. The second kappa shape index (κ2) is 8.08. The van der Waals surface area contributed by atoms with Gasteiger partial charge < -0.3 is 5.32 Å². The van der Waals surface area contributed by atoms with Gasteiger partial charge in [-0.2, -0.15) is 0 Å². The molecule has 0 saturated carbocycles. The van der Waals surface area contributed by atoms with Crippen molar-refractivity contribution < 1.29 is 0 Å². The Kier molecular flexibility index (Phi) is 4.99. The number of nitrogens with zero attached hydrogens (tertiary/aromatic N) is 4. The molecule has 0 atom stereocenters. The zero-order valence-corrected chi connectivity index (χ0v) is 17.6. The van der Waals surface area contributed by atoms with E-state index in [0.717, 1.165) is 32.3 Å². The molecule has 3 aromatic carbocycles. The van der Waals surface area contributed by atoms with E-state index in [4.69, 9.17) is 5.10 Å². The standard InChI is InChI=1S/C24H18BrN5/c25-18-6-5-7-19(14-18)30-16-28-24(29-30)21-9-2-4-11-23(21)27-15-17-12-13-26-22-10-3-1-8-20(17)22/h1-14,16,27H,15H2. The molecule has 0 aliphatic carbocycles. The molecule has 1 N–H and O–H groups in total. The Morgan fingerprint density at radius 1 is 0.867 bits per heavy atom. The van der Waals surface area contributed by atoms with Crippen LogP contribution in [0.2, 0.25) is 0 Å². The van der Waals surface area contributed by atoms with Gasteiger partial charge in [-0.25, -0.2) is 9.67 Å². The highest BCUT2D eigenvalue weighted by Crippen LogP contribution is 2.27. The molecule has 0 aliphatic rings. The van der Waals surface area contributed by atoms with E-state index < -0.39 is 0 Å². The molecule has 0 radical (unpaired) electrons. The number of anilines is 1. The van der Waals surface area contributed by atoms with Crippen molar-refractivity contribution in [2.45, 2.75) is 6.54 Å². The van der Waals surface area contributed by atoms with Crippen molar-refractivity contribution in [3.63, 3.8) is 0 Å². The zero-order chi connectivity index (χ0) is 20.3. The van der Waals surface area contributed by atoms with Crippen molar-refractivity contribution in [1.29, 1.82) is 0 Å². The molecule has 5 nitrogen and oxygen atoms in total. The number of benzene rings is 3. The lowest BCUT2D eigenvalue weighted by molar-refractivity contribution is 0.881. The Morgan fingerprint density at radius 2 is 1.73 bits per heavy atom. The van der Waals surface area contributed by atoms with E-state index in [1.807, 2.05) is 66.9 Å². The highest BCUT2D eigenvalue weighted by molar-refractivity contribution is 9.10. The molecule has 0 unspecified atom stereocenters. The first-order valence-corrected chi connectivity index (χ1v) is 10.4. The maximum absolute atomic E-state index is 4.69. The first-order valence-electron chi connectivity index (χ1n) is 9.61. The molecule has 0 saturated heterocycles. The highest BCUT2D eigenvalue weighted by atomic mass is 79.9. The Hall–Kier alpha value is -3.51. The smallest absolute Gasteiger partial charge is 0.183 e. The van der Waals surface area contributed by atoms with Gasteiger partial charge in [-0.3, -0.25) is 4.98 Å². The number of halogens is 1. The van der Waals surface area contributed by atoms with E-state index in [2.05, 4.69) is 49.4 Å². The van der Waals surface area contributed by atoms with Crippen molar-refractivity contribution in [3.8, 4) is 17.1 Å². The minimum Gasteiger partial charge on any atom is -0.380 e. The van der Waals surface area contributed by atoms with Crippen LogP contribution in [0.5, 0.6) is 0 Å². The number of hydrogen-bond acceptors (Lipinski definition) is 4. The largest absolute Gasteiger partial charge is 0.380 e. The summed E-state index contributed by atoms with van der Waals surface area (Å²) >= 11 is 3.51. The summed E-state index contributed by atoms with van der Waals surface area (Å²) in [5.41, 5.74) is 5.11. The van der Waals surface area contributed by atoms with Gasteiger partial charge in [-0.15, -0.1) is 5.10 Å². The Bertz CT molecular complexity index is 1320. The monoisotopic (exact) mass is 455 g/mol. The number of rotatable bonds is 5. The summed E-state index contributed by atoms with van der Waals surface area (Å²) in [6.07, 6.45) is 3.59. The minimum absolute atomic E-state index is 0.678. The molecular formula is C24H18BrN5. The van der Waals surface area contributed by atoms with Crippen LogP contribution in [0.1, 0.15) is 5.56 Å². The number of aromatic nitrogens is 4. The van der Waals surface area contributed by atoms with Gasteiger partial charge in [0, 0.05) is 33.9 Å². The topological polar surface area (TPSA) is 55.6 Å². The predicted molar refractivity (Wildman–Crippen MR) is 124 cm³/mol. The third-order valence-electron chi connectivity index (χ3n) is 4.94. The molecule has 2 heterocycles. The fourth-order valence-electron chi connectivity index (χ4n) is 3.46. The maximum Gasteiger partial charge on any atom is 0.183 e. The number of hydrogen-bond donors (Lipinski definition) is 1. The van der Waals surface area contributed by atoms with Gasteiger partial charge in [0.1, 0.15) is 6.33 Å². The number of fused-ring (bicyclic) bond motifs is 1. The van der Waals surface area contributed by atoms with E-state index in [9.17, 15) is 0 Å². The van der Waals surface area contributed by atoms with Crippen LogP contribution in [0.3, 0.4) is 0 Å². The zero-order valence-electron chi connectivity index (χ0n) is 16.0. The molecular weight excluding hydrogens is 438 g/mol. The van der Waals surface area contributed by atoms with Gasteiger partial charge in [0.2, 0.25) is 0 Å². The summed E-state index contributed by atoms with van der Waals surface area (Å²) in [5.74, 6) is 0.678. The molecule has 0 spiro atoms. The normalized spacial score (nSPS) is 11.0. The van der Waals surface area contributed by atoms with Gasteiger partial charge in [0.05, 0.1) is 11.2 Å². The van der Waals surface area contributed by atoms with Crippen molar-refractivity contribution >= 4 is 32.5 Å². The molecule has 0 fully saturated rings. The SMILES string of the molecule is Brc1cccc(-n2cnc(-c3ccccc3NCc3ccnc4ccccc34)n2)c1. The van der Waals surface area contributed by atoms with Gasteiger partial charge in [0.25, 0.3) is 0 Å². The Morgan fingerprint density at radius 3 is 2.67 bits per heavy atom. The van der Waals surface area contributed by atoms with Crippen LogP contribution >= 0.6 is 15.9 Å². The van der Waals surface area contributed by atoms with E-state index in [1.54, 1.807) is 11.0 Å². The van der Waals surface area contributed by atoms with Crippen LogP contribution in [-0.4, -0.2) is 19.7 Å². The fraction of sp³-hybridized carbons (Fsp3) is 0.0417. The van der Waals surface area contributed by atoms with Crippen molar-refractivity contribution in [1.82, 2.24) is 19.7 Å². The van der Waals surface area contributed by atoms with Gasteiger partial charge >= 0.3 is 0 Å². The molecule has 2 aromatic heterocycles. The average Bonchev–Trinajstić information content (AvgIpc) is 3.28. The van der Waals surface area contributed by atoms with Gasteiger partial charge in [-0.05, 0) is 48.0 Å². The molecule has 0 aliphatic heterocycles. The van der Waals surface area contributed by atoms with Crippen LogP contribution in [0.4, 0.5) is 5.69 Å². The van der Waals surface area contributed by atoms with Crippen molar-refractivity contribution in [2.24, 2.45) is 0 Å². The maximum atomic E-state index is 4.69. The number of pyridine rings is 1. The lowest BCUT2D eigenvalue weighted by Gasteiger charge is -2.12. The van der Waals surface area contributed by atoms with Gasteiger partial charge in [0.15, 0.2) is 5.82 Å². The average molecular weight is 456 g/mol. The summed E-state index contributed by atoms with van der Waals surface area (Å²) in [6, 6.07) is 26.3. The fourth-order valence-corrected chi connectivity index (χ4v) is 3.85. The molecule has 0 amide bonds. The summed E-state index contributed by atoms with van der Waals surface area (Å²) in [4.78, 5) is 8.99. The molecule has 6 heteroatoms. The third kappa shape index (κ3) is 3.69. The lowest BCUT2D eigenvalue weighted by Crippen LogP contribution is -2.02. The summed E-state index contributed by atoms with van der Waals surface area (Å²) in [5, 5.41) is 9.40. The summed E-state index contributed by atoms with van der Waals surface area (Å²) in [6.45, 7) is 0.687. The minimum atomic E-state index is 0.678. The quantitative estimate of drug-likeness (QED) is 0.360. The van der Waals surface area contributed by atoms with E-state index in [-0.39, 0.29) is 0 Å². The molecule has 5 rings (SSSR count). The molecule has 146 valence electrons. The van der Waals surface area contributed by atoms with E-state index >= 15 is 0 Å². The predicted octanol–water partition coefficient (Wildman–Crippen LogP) is 5.86. The Labute approximate surface area is 182 Å². The third-order valence-corrected chi connectivity index (χ3v) is 5.43. The van der Waals surface area contributed by atoms with Crippen molar-refractivity contribution in [2.75, 3.05) is 5.32 Å². The van der Waals surface area contributed by atoms with Gasteiger partial charge in [-0.1, -0.05) is 52.3 Å². The van der Waals surface area contributed by atoms with E-state index in [0.29, 0.717) is 12.4 Å².